The molecule has 1 atom stereocenters. The van der Waals surface area contributed by atoms with Crippen LogP contribution in [0, 0.1) is 13.8 Å². The predicted octanol–water partition coefficient (Wildman–Crippen LogP) is 1.47. The molecule has 2 rings (SSSR count). The Morgan fingerprint density at radius 3 is 2.59 bits per heavy atom. The van der Waals surface area contributed by atoms with Gasteiger partial charge in [0.2, 0.25) is 0 Å². The topological polar surface area (TPSA) is 72.0 Å². The van der Waals surface area contributed by atoms with Crippen LogP contribution in [0.25, 0.3) is 0 Å². The molecular formula is C10H12ClN3O2S. The van der Waals surface area contributed by atoms with Gasteiger partial charge in [0, 0.05) is 5.41 Å². The summed E-state index contributed by atoms with van der Waals surface area (Å²) in [5, 5.41) is 4.42. The summed E-state index contributed by atoms with van der Waals surface area (Å²) >= 11 is 5.94. The summed E-state index contributed by atoms with van der Waals surface area (Å²) < 4.78 is 22.5. The van der Waals surface area contributed by atoms with Gasteiger partial charge in [-0.25, -0.2) is 18.4 Å². The highest BCUT2D eigenvalue weighted by Crippen LogP contribution is 2.21. The number of hydrogen-bond acceptors (Lipinski definition) is 5. The molecule has 0 spiro atoms. The molecule has 1 N–H and O–H groups in total. The highest BCUT2D eigenvalue weighted by atomic mass is 35.5. The lowest BCUT2D eigenvalue weighted by Crippen LogP contribution is -2.22. The molecule has 0 aromatic carbocycles. The number of aromatic nitrogens is 2. The molecule has 92 valence electrons. The minimum Gasteiger partial charge on any atom is -0.360 e. The number of nitrogens with one attached hydrogen (secondary N) is 1. The average molecular weight is 274 g/mol. The van der Waals surface area contributed by atoms with E-state index in [2.05, 4.69) is 15.3 Å². The van der Waals surface area contributed by atoms with E-state index < -0.39 is 9.84 Å². The lowest BCUT2D eigenvalue weighted by Gasteiger charge is -2.12. The van der Waals surface area contributed by atoms with Gasteiger partial charge >= 0.3 is 0 Å². The standard InChI is InChI=1S/C10H12ClN3O2S/c1-6-7(2)13-10(9(11)12-6)14-8-3-4-17(15,16)5-8/h3-4,8H,5H2,1-2H3,(H,13,14). The maximum absolute atomic E-state index is 11.2. The molecule has 0 amide bonds. The van der Waals surface area contributed by atoms with Gasteiger partial charge in [0.25, 0.3) is 0 Å². The van der Waals surface area contributed by atoms with E-state index in [4.69, 9.17) is 11.6 Å². The zero-order valence-corrected chi connectivity index (χ0v) is 11.0. The van der Waals surface area contributed by atoms with Gasteiger partial charge in [0.1, 0.15) is 0 Å². The van der Waals surface area contributed by atoms with Crippen LogP contribution in [0.1, 0.15) is 11.4 Å². The summed E-state index contributed by atoms with van der Waals surface area (Å²) in [6.45, 7) is 3.64. The van der Waals surface area contributed by atoms with Gasteiger partial charge in [-0.1, -0.05) is 11.6 Å². The normalized spacial score (nSPS) is 21.7. The molecule has 1 aliphatic heterocycles. The number of halogens is 1. The van der Waals surface area contributed by atoms with Crippen LogP contribution in [0.2, 0.25) is 5.15 Å². The van der Waals surface area contributed by atoms with Crippen LogP contribution in [0.3, 0.4) is 0 Å². The van der Waals surface area contributed by atoms with Crippen LogP contribution < -0.4 is 5.32 Å². The summed E-state index contributed by atoms with van der Waals surface area (Å²) in [7, 11) is -3.08. The highest BCUT2D eigenvalue weighted by molar-refractivity contribution is 7.94. The fourth-order valence-corrected chi connectivity index (χ4v) is 2.97. The first-order chi connectivity index (χ1) is 7.87. The lowest BCUT2D eigenvalue weighted by atomic mass is 10.3. The minimum absolute atomic E-state index is 0.0257. The van der Waals surface area contributed by atoms with E-state index in [1.54, 1.807) is 6.08 Å². The largest absolute Gasteiger partial charge is 0.360 e. The van der Waals surface area contributed by atoms with Crippen LogP contribution in [0.15, 0.2) is 11.5 Å². The van der Waals surface area contributed by atoms with E-state index in [0.717, 1.165) is 11.4 Å². The SMILES string of the molecule is Cc1nc(Cl)c(NC2C=CS(=O)(=O)C2)nc1C. The number of nitrogens with zero attached hydrogens (tertiary/aromatic N) is 2. The third-order valence-corrected chi connectivity index (χ3v) is 4.18. The van der Waals surface area contributed by atoms with Gasteiger partial charge in [0.15, 0.2) is 20.8 Å². The molecule has 0 fully saturated rings. The molecule has 1 aromatic rings. The van der Waals surface area contributed by atoms with Crippen molar-refractivity contribution in [2.45, 2.75) is 19.9 Å². The molecule has 0 saturated carbocycles. The van der Waals surface area contributed by atoms with Crippen LogP contribution in [-0.2, 0) is 9.84 Å². The molecule has 0 aliphatic carbocycles. The van der Waals surface area contributed by atoms with Crippen molar-refractivity contribution in [3.05, 3.63) is 28.0 Å². The maximum Gasteiger partial charge on any atom is 0.173 e. The van der Waals surface area contributed by atoms with Gasteiger partial charge in [0.05, 0.1) is 23.2 Å². The van der Waals surface area contributed by atoms with Crippen molar-refractivity contribution in [3.63, 3.8) is 0 Å². The predicted molar refractivity (Wildman–Crippen MR) is 66.9 cm³/mol. The third-order valence-electron chi connectivity index (χ3n) is 2.52. The van der Waals surface area contributed by atoms with Gasteiger partial charge in [-0.05, 0) is 19.9 Å². The van der Waals surface area contributed by atoms with Gasteiger partial charge < -0.3 is 5.32 Å². The van der Waals surface area contributed by atoms with Crippen molar-refractivity contribution in [3.8, 4) is 0 Å². The van der Waals surface area contributed by atoms with Crippen molar-refractivity contribution in [2.75, 3.05) is 11.1 Å². The summed E-state index contributed by atoms with van der Waals surface area (Å²) in [5.41, 5.74) is 1.52. The number of anilines is 1. The maximum atomic E-state index is 11.2. The fourth-order valence-electron chi connectivity index (χ4n) is 1.51. The molecule has 0 saturated heterocycles. The van der Waals surface area contributed by atoms with E-state index in [1.807, 2.05) is 13.8 Å². The Hall–Kier alpha value is -1.14. The Bertz CT molecular complexity index is 583. The Kier molecular flexibility index (Phi) is 3.09. The number of hydrogen-bond donors (Lipinski definition) is 1. The van der Waals surface area contributed by atoms with E-state index >= 15 is 0 Å². The summed E-state index contributed by atoms with van der Waals surface area (Å²) in [4.78, 5) is 8.37. The molecular weight excluding hydrogens is 262 g/mol. The molecule has 7 heteroatoms. The first-order valence-corrected chi connectivity index (χ1v) is 7.15. The van der Waals surface area contributed by atoms with E-state index in [0.29, 0.717) is 5.82 Å². The van der Waals surface area contributed by atoms with E-state index in [9.17, 15) is 8.42 Å². The van der Waals surface area contributed by atoms with Crippen molar-refractivity contribution < 1.29 is 8.42 Å². The van der Waals surface area contributed by atoms with Crippen LogP contribution in [-0.4, -0.2) is 30.2 Å². The van der Waals surface area contributed by atoms with Gasteiger partial charge in [-0.3, -0.25) is 0 Å². The minimum atomic E-state index is -3.08. The molecule has 0 bridgehead atoms. The molecule has 5 nitrogen and oxygen atoms in total. The molecule has 0 radical (unpaired) electrons. The van der Waals surface area contributed by atoms with Gasteiger partial charge in [-0.2, -0.15) is 0 Å². The second kappa shape index (κ2) is 4.27. The third kappa shape index (κ3) is 2.76. The van der Waals surface area contributed by atoms with E-state index in [-0.39, 0.29) is 16.9 Å². The van der Waals surface area contributed by atoms with Crippen LogP contribution >= 0.6 is 11.6 Å². The van der Waals surface area contributed by atoms with Crippen molar-refractivity contribution in [1.82, 2.24) is 9.97 Å². The lowest BCUT2D eigenvalue weighted by molar-refractivity contribution is 0.605. The Labute approximate surface area is 105 Å². The average Bonchev–Trinajstić information content (AvgIpc) is 2.54. The fraction of sp³-hybridized carbons (Fsp3) is 0.400. The monoisotopic (exact) mass is 273 g/mol. The van der Waals surface area contributed by atoms with Crippen LogP contribution in [0.5, 0.6) is 0 Å². The summed E-state index contributed by atoms with van der Waals surface area (Å²) in [6.07, 6.45) is 1.59. The molecule has 2 heterocycles. The smallest absolute Gasteiger partial charge is 0.173 e. The molecule has 1 unspecified atom stereocenters. The second-order valence-electron chi connectivity index (χ2n) is 3.94. The number of rotatable bonds is 2. The first-order valence-electron chi connectivity index (χ1n) is 5.05. The number of sulfone groups is 1. The van der Waals surface area contributed by atoms with Crippen molar-refractivity contribution in [2.24, 2.45) is 0 Å². The first kappa shape index (κ1) is 12.3. The Morgan fingerprint density at radius 2 is 2.00 bits per heavy atom. The van der Waals surface area contributed by atoms with E-state index in [1.165, 1.54) is 5.41 Å². The summed E-state index contributed by atoms with van der Waals surface area (Å²) in [6, 6.07) is -0.297. The molecule has 1 aliphatic rings. The zero-order valence-electron chi connectivity index (χ0n) is 9.44. The Balaban J connectivity index is 2.21. The second-order valence-corrected chi connectivity index (χ2v) is 6.23. The van der Waals surface area contributed by atoms with Gasteiger partial charge in [-0.15, -0.1) is 0 Å². The molecule has 1 aromatic heterocycles. The van der Waals surface area contributed by atoms with Crippen molar-refractivity contribution in [1.29, 1.82) is 0 Å². The highest BCUT2D eigenvalue weighted by Gasteiger charge is 2.22. The molecule has 17 heavy (non-hydrogen) atoms. The quantitative estimate of drug-likeness (QED) is 0.883. The van der Waals surface area contributed by atoms with Crippen molar-refractivity contribution >= 4 is 27.3 Å². The Morgan fingerprint density at radius 1 is 1.35 bits per heavy atom. The zero-order chi connectivity index (χ0) is 12.6. The number of aryl methyl sites for hydroxylation is 2. The summed E-state index contributed by atoms with van der Waals surface area (Å²) in [5.74, 6) is 0.444. The van der Waals surface area contributed by atoms with Crippen LogP contribution in [0.4, 0.5) is 5.82 Å².